The third kappa shape index (κ3) is 4.71. The molecule has 4 atom stereocenters. The lowest BCUT2D eigenvalue weighted by atomic mass is 10.1. The molecule has 0 heterocycles. The highest BCUT2D eigenvalue weighted by Gasteiger charge is 2.26. The summed E-state index contributed by atoms with van der Waals surface area (Å²) < 4.78 is 0. The van der Waals surface area contributed by atoms with E-state index in [0.29, 0.717) is 5.56 Å². The summed E-state index contributed by atoms with van der Waals surface area (Å²) in [6.45, 7) is 1.27. The Bertz CT molecular complexity index is 449. The Morgan fingerprint density at radius 2 is 1.75 bits per heavy atom. The van der Waals surface area contributed by atoms with Gasteiger partial charge in [0.05, 0.1) is 12.3 Å². The van der Waals surface area contributed by atoms with Crippen molar-refractivity contribution in [3.8, 4) is 0 Å². The second kappa shape index (κ2) is 7.71. The number of hydrogen-bond acceptors (Lipinski definition) is 6. The van der Waals surface area contributed by atoms with Crippen molar-refractivity contribution < 1.29 is 25.2 Å². The molecule has 1 amide bonds. The number of aliphatic hydroxyl groups is 4. The number of benzene rings is 1. The molecular formula is C13H18N2O5. The molecule has 7 nitrogen and oxygen atoms in total. The van der Waals surface area contributed by atoms with E-state index >= 15 is 0 Å². The van der Waals surface area contributed by atoms with E-state index < -0.39 is 30.3 Å². The van der Waals surface area contributed by atoms with Crippen LogP contribution in [0.4, 0.5) is 0 Å². The van der Waals surface area contributed by atoms with E-state index in [9.17, 15) is 20.1 Å². The summed E-state index contributed by atoms with van der Waals surface area (Å²) in [5.74, 6) is -0.473. The molecule has 0 saturated carbocycles. The van der Waals surface area contributed by atoms with Gasteiger partial charge in [-0.05, 0) is 19.1 Å². The number of rotatable bonds is 6. The van der Waals surface area contributed by atoms with Gasteiger partial charge in [0.25, 0.3) is 5.91 Å². The Morgan fingerprint density at radius 1 is 1.15 bits per heavy atom. The van der Waals surface area contributed by atoms with Gasteiger partial charge in [-0.25, -0.2) is 5.43 Å². The van der Waals surface area contributed by atoms with E-state index in [1.54, 1.807) is 30.3 Å². The van der Waals surface area contributed by atoms with Gasteiger partial charge < -0.3 is 20.4 Å². The van der Waals surface area contributed by atoms with Gasteiger partial charge in [0.2, 0.25) is 0 Å². The predicted molar refractivity (Wildman–Crippen MR) is 72.1 cm³/mol. The monoisotopic (exact) mass is 282 g/mol. The first-order valence-electron chi connectivity index (χ1n) is 6.04. The topological polar surface area (TPSA) is 122 Å². The van der Waals surface area contributed by atoms with Crippen molar-refractivity contribution in [1.29, 1.82) is 0 Å². The lowest BCUT2D eigenvalue weighted by Gasteiger charge is -2.22. The van der Waals surface area contributed by atoms with Gasteiger partial charge >= 0.3 is 0 Å². The van der Waals surface area contributed by atoms with Gasteiger partial charge in [-0.15, -0.1) is 0 Å². The molecule has 1 aromatic carbocycles. The number of amides is 1. The minimum Gasteiger partial charge on any atom is -0.391 e. The molecule has 0 fully saturated rings. The van der Waals surface area contributed by atoms with Crippen LogP contribution in [0, 0.1) is 0 Å². The molecular weight excluding hydrogens is 264 g/mol. The summed E-state index contributed by atoms with van der Waals surface area (Å²) in [7, 11) is 0. The standard InChI is InChI=1S/C13H18N2O5/c1-8(16)11(18)12(19)10(17)7-14-15-13(20)9-5-3-2-4-6-9/h2-8,10-12,16-19H,1H3,(H,15,20)/b14-7-/t8-,10-,11+,12-/m1/s1. The van der Waals surface area contributed by atoms with Crippen LogP contribution in [0.5, 0.6) is 0 Å². The summed E-state index contributed by atoms with van der Waals surface area (Å²) in [6.07, 6.45) is -4.96. The van der Waals surface area contributed by atoms with Crippen LogP contribution in [0.2, 0.25) is 0 Å². The molecule has 0 radical (unpaired) electrons. The largest absolute Gasteiger partial charge is 0.391 e. The number of nitrogens with one attached hydrogen (secondary N) is 1. The van der Waals surface area contributed by atoms with Crippen molar-refractivity contribution in [2.45, 2.75) is 31.3 Å². The van der Waals surface area contributed by atoms with Crippen molar-refractivity contribution in [1.82, 2.24) is 5.43 Å². The van der Waals surface area contributed by atoms with E-state index in [2.05, 4.69) is 10.5 Å². The Hall–Kier alpha value is -1.80. The highest BCUT2D eigenvalue weighted by Crippen LogP contribution is 2.03. The first-order valence-corrected chi connectivity index (χ1v) is 6.04. The zero-order chi connectivity index (χ0) is 15.1. The lowest BCUT2D eigenvalue weighted by molar-refractivity contribution is -0.0821. The fraction of sp³-hybridized carbons (Fsp3) is 0.385. The molecule has 0 saturated heterocycles. The zero-order valence-electron chi connectivity index (χ0n) is 10.9. The van der Waals surface area contributed by atoms with Crippen molar-refractivity contribution >= 4 is 12.1 Å². The summed E-state index contributed by atoms with van der Waals surface area (Å²) in [6, 6.07) is 8.32. The highest BCUT2D eigenvalue weighted by atomic mass is 16.4. The lowest BCUT2D eigenvalue weighted by Crippen LogP contribution is -2.44. The van der Waals surface area contributed by atoms with Gasteiger partial charge in [0.1, 0.15) is 18.3 Å². The van der Waals surface area contributed by atoms with E-state index in [-0.39, 0.29) is 0 Å². The molecule has 0 unspecified atom stereocenters. The number of hydrazone groups is 1. The van der Waals surface area contributed by atoms with Crippen molar-refractivity contribution in [3.63, 3.8) is 0 Å². The maximum Gasteiger partial charge on any atom is 0.271 e. The molecule has 5 N–H and O–H groups in total. The smallest absolute Gasteiger partial charge is 0.271 e. The fourth-order valence-corrected chi connectivity index (χ4v) is 1.40. The van der Waals surface area contributed by atoms with E-state index in [1.165, 1.54) is 6.92 Å². The van der Waals surface area contributed by atoms with E-state index in [0.717, 1.165) is 6.21 Å². The number of carbonyl (C=O) groups excluding carboxylic acids is 1. The molecule has 0 spiro atoms. The van der Waals surface area contributed by atoms with Crippen molar-refractivity contribution in [3.05, 3.63) is 35.9 Å². The minimum absolute atomic E-state index is 0.392. The van der Waals surface area contributed by atoms with Gasteiger partial charge in [-0.2, -0.15) is 5.10 Å². The highest BCUT2D eigenvalue weighted by molar-refractivity contribution is 5.94. The van der Waals surface area contributed by atoms with Crippen LogP contribution in [0.3, 0.4) is 0 Å². The normalized spacial score (nSPS) is 17.4. The molecule has 110 valence electrons. The van der Waals surface area contributed by atoms with Crippen molar-refractivity contribution in [2.24, 2.45) is 5.10 Å². The molecule has 20 heavy (non-hydrogen) atoms. The van der Waals surface area contributed by atoms with Gasteiger partial charge in [-0.1, -0.05) is 18.2 Å². The third-order valence-corrected chi connectivity index (χ3v) is 2.62. The van der Waals surface area contributed by atoms with E-state index in [1.807, 2.05) is 0 Å². The molecule has 0 bridgehead atoms. The molecule has 0 aliphatic rings. The van der Waals surface area contributed by atoms with Crippen LogP contribution in [-0.4, -0.2) is 57.0 Å². The Kier molecular flexibility index (Phi) is 6.26. The molecule has 0 aromatic heterocycles. The fourth-order valence-electron chi connectivity index (χ4n) is 1.40. The predicted octanol–water partition coefficient (Wildman–Crippen LogP) is -1.13. The molecule has 1 aromatic rings. The summed E-state index contributed by atoms with van der Waals surface area (Å²) in [5.41, 5.74) is 2.56. The second-order valence-electron chi connectivity index (χ2n) is 4.30. The van der Waals surface area contributed by atoms with Gasteiger partial charge in [0.15, 0.2) is 0 Å². The summed E-state index contributed by atoms with van der Waals surface area (Å²) in [4.78, 5) is 11.6. The number of aliphatic hydroxyl groups excluding tert-OH is 4. The molecule has 7 heteroatoms. The maximum absolute atomic E-state index is 11.6. The Balaban J connectivity index is 2.50. The SMILES string of the molecule is C[C@@H](O)[C@H](O)[C@H](O)[C@H](O)/C=N\NC(=O)c1ccccc1. The quantitative estimate of drug-likeness (QED) is 0.334. The Labute approximate surface area is 116 Å². The van der Waals surface area contributed by atoms with Crippen LogP contribution in [0.25, 0.3) is 0 Å². The number of nitrogens with zero attached hydrogens (tertiary/aromatic N) is 1. The molecule has 0 aliphatic carbocycles. The number of carbonyl (C=O) groups is 1. The molecule has 0 aliphatic heterocycles. The minimum atomic E-state index is -1.60. The van der Waals surface area contributed by atoms with Gasteiger partial charge in [-0.3, -0.25) is 4.79 Å². The zero-order valence-corrected chi connectivity index (χ0v) is 10.9. The maximum atomic E-state index is 11.6. The van der Waals surface area contributed by atoms with Crippen LogP contribution in [0.1, 0.15) is 17.3 Å². The summed E-state index contributed by atoms with van der Waals surface area (Å²) >= 11 is 0. The van der Waals surface area contributed by atoms with Crippen LogP contribution >= 0.6 is 0 Å². The first kappa shape index (κ1) is 16.3. The van der Waals surface area contributed by atoms with Crippen molar-refractivity contribution in [2.75, 3.05) is 0 Å². The first-order chi connectivity index (χ1) is 9.43. The average Bonchev–Trinajstić information content (AvgIpc) is 2.46. The third-order valence-electron chi connectivity index (χ3n) is 2.62. The van der Waals surface area contributed by atoms with Crippen LogP contribution in [-0.2, 0) is 0 Å². The van der Waals surface area contributed by atoms with E-state index in [4.69, 9.17) is 5.11 Å². The van der Waals surface area contributed by atoms with Crippen LogP contribution < -0.4 is 5.43 Å². The van der Waals surface area contributed by atoms with Crippen LogP contribution in [0.15, 0.2) is 35.4 Å². The average molecular weight is 282 g/mol. The Morgan fingerprint density at radius 3 is 2.30 bits per heavy atom. The van der Waals surface area contributed by atoms with Gasteiger partial charge in [0, 0.05) is 5.56 Å². The summed E-state index contributed by atoms with van der Waals surface area (Å²) in [5, 5.41) is 40.9. The second-order valence-corrected chi connectivity index (χ2v) is 4.30. The molecule has 1 rings (SSSR count). The number of hydrogen-bond donors (Lipinski definition) is 5.